The van der Waals surface area contributed by atoms with Gasteiger partial charge in [0.2, 0.25) is 5.91 Å². The molecule has 0 aliphatic heterocycles. The van der Waals surface area contributed by atoms with Crippen molar-refractivity contribution in [3.63, 3.8) is 0 Å². The van der Waals surface area contributed by atoms with E-state index >= 15 is 0 Å². The Hall–Kier alpha value is -2.49. The highest BCUT2D eigenvalue weighted by atomic mass is 16.5. The van der Waals surface area contributed by atoms with Crippen LogP contribution in [-0.2, 0) is 17.8 Å². The lowest BCUT2D eigenvalue weighted by Crippen LogP contribution is -2.37. The molecule has 122 valence electrons. The van der Waals surface area contributed by atoms with Crippen molar-refractivity contribution >= 4 is 11.6 Å². The molecule has 2 aromatic rings. The van der Waals surface area contributed by atoms with Crippen molar-refractivity contribution < 1.29 is 9.53 Å². The van der Waals surface area contributed by atoms with Crippen LogP contribution in [0, 0.1) is 0 Å². The summed E-state index contributed by atoms with van der Waals surface area (Å²) in [5.74, 6) is 0.786. The van der Waals surface area contributed by atoms with Crippen LogP contribution in [0.25, 0.3) is 0 Å². The van der Waals surface area contributed by atoms with E-state index in [-0.39, 0.29) is 11.9 Å². The van der Waals surface area contributed by atoms with Gasteiger partial charge in [-0.15, -0.1) is 0 Å². The van der Waals surface area contributed by atoms with Gasteiger partial charge in [0, 0.05) is 12.2 Å². The molecule has 2 rings (SSSR count). The monoisotopic (exact) mass is 312 g/mol. The number of hydrogen-bond acceptors (Lipinski definition) is 3. The van der Waals surface area contributed by atoms with Gasteiger partial charge >= 0.3 is 0 Å². The van der Waals surface area contributed by atoms with E-state index in [1.165, 1.54) is 5.56 Å². The number of aryl methyl sites for hydroxylation is 1. The third-order valence-corrected chi connectivity index (χ3v) is 3.74. The fraction of sp³-hybridized carbons (Fsp3) is 0.316. The summed E-state index contributed by atoms with van der Waals surface area (Å²) in [5, 5.41) is 6.18. The molecule has 4 nitrogen and oxygen atoms in total. The fourth-order valence-corrected chi connectivity index (χ4v) is 2.28. The number of benzene rings is 2. The van der Waals surface area contributed by atoms with Gasteiger partial charge in [-0.3, -0.25) is 4.79 Å². The molecule has 0 aromatic heterocycles. The summed E-state index contributed by atoms with van der Waals surface area (Å²) in [6.45, 7) is 4.48. The molecule has 0 aliphatic carbocycles. The summed E-state index contributed by atoms with van der Waals surface area (Å²) in [5.41, 5.74) is 3.26. The molecule has 1 amide bonds. The summed E-state index contributed by atoms with van der Waals surface area (Å²) < 4.78 is 5.12. The van der Waals surface area contributed by atoms with Gasteiger partial charge in [-0.2, -0.15) is 0 Å². The molecule has 0 aliphatic rings. The van der Waals surface area contributed by atoms with E-state index in [9.17, 15) is 4.79 Å². The third kappa shape index (κ3) is 5.02. The van der Waals surface area contributed by atoms with Crippen LogP contribution >= 0.6 is 0 Å². The number of nitrogens with one attached hydrogen (secondary N) is 2. The van der Waals surface area contributed by atoms with Gasteiger partial charge in [0.25, 0.3) is 0 Å². The number of methoxy groups -OCH3 is 1. The van der Waals surface area contributed by atoms with E-state index in [1.54, 1.807) is 7.11 Å². The minimum absolute atomic E-state index is 0.0253. The Morgan fingerprint density at radius 3 is 2.52 bits per heavy atom. The van der Waals surface area contributed by atoms with Crippen LogP contribution in [0.3, 0.4) is 0 Å². The van der Waals surface area contributed by atoms with Crippen LogP contribution in [0.15, 0.2) is 48.5 Å². The van der Waals surface area contributed by atoms with Gasteiger partial charge in [0.05, 0.1) is 7.11 Å². The first-order valence-electron chi connectivity index (χ1n) is 7.88. The average Bonchev–Trinajstić information content (AvgIpc) is 2.60. The molecule has 4 heteroatoms. The number of rotatable bonds is 7. The number of carbonyl (C=O) groups excluding carboxylic acids is 1. The summed E-state index contributed by atoms with van der Waals surface area (Å²) in [6, 6.07) is 15.5. The molecule has 0 spiro atoms. The SMILES string of the molecule is CCc1cccc(N[C@H](C)C(=O)NCc2ccc(OC)cc2)c1. The number of ether oxygens (including phenoxy) is 1. The van der Waals surface area contributed by atoms with Gasteiger partial charge in [0.15, 0.2) is 0 Å². The first-order chi connectivity index (χ1) is 11.1. The molecule has 2 N–H and O–H groups in total. The zero-order valence-electron chi connectivity index (χ0n) is 13.9. The van der Waals surface area contributed by atoms with Gasteiger partial charge in [-0.25, -0.2) is 0 Å². The molecule has 0 saturated carbocycles. The highest BCUT2D eigenvalue weighted by Gasteiger charge is 2.12. The van der Waals surface area contributed by atoms with Crippen molar-refractivity contribution in [1.29, 1.82) is 0 Å². The summed E-state index contributed by atoms with van der Waals surface area (Å²) >= 11 is 0. The lowest BCUT2D eigenvalue weighted by Gasteiger charge is -2.16. The highest BCUT2D eigenvalue weighted by Crippen LogP contribution is 2.13. The van der Waals surface area contributed by atoms with Crippen LogP contribution in [0.1, 0.15) is 25.0 Å². The van der Waals surface area contributed by atoms with Crippen molar-refractivity contribution in [3.8, 4) is 5.75 Å². The average molecular weight is 312 g/mol. The Kier molecular flexibility index (Phi) is 6.03. The maximum absolute atomic E-state index is 12.2. The first-order valence-corrected chi connectivity index (χ1v) is 7.88. The molecule has 0 bridgehead atoms. The Morgan fingerprint density at radius 2 is 1.87 bits per heavy atom. The Morgan fingerprint density at radius 1 is 1.13 bits per heavy atom. The Labute approximate surface area is 137 Å². The minimum atomic E-state index is -0.291. The predicted molar refractivity (Wildman–Crippen MR) is 93.7 cm³/mol. The van der Waals surface area contributed by atoms with Crippen LogP contribution in [-0.4, -0.2) is 19.1 Å². The minimum Gasteiger partial charge on any atom is -0.497 e. The molecule has 0 fully saturated rings. The molecular formula is C19H24N2O2. The number of anilines is 1. The number of hydrogen-bond donors (Lipinski definition) is 2. The maximum atomic E-state index is 12.2. The molecule has 0 radical (unpaired) electrons. The van der Waals surface area contributed by atoms with Crippen molar-refractivity contribution in [1.82, 2.24) is 5.32 Å². The zero-order valence-corrected chi connectivity index (χ0v) is 13.9. The Balaban J connectivity index is 1.86. The number of amides is 1. The van der Waals surface area contributed by atoms with Gasteiger partial charge < -0.3 is 15.4 Å². The summed E-state index contributed by atoms with van der Waals surface area (Å²) in [7, 11) is 1.64. The van der Waals surface area contributed by atoms with E-state index in [1.807, 2.05) is 43.3 Å². The van der Waals surface area contributed by atoms with Crippen LogP contribution in [0.5, 0.6) is 5.75 Å². The topological polar surface area (TPSA) is 50.4 Å². The quantitative estimate of drug-likeness (QED) is 0.824. The largest absolute Gasteiger partial charge is 0.497 e. The smallest absolute Gasteiger partial charge is 0.242 e. The van der Waals surface area contributed by atoms with E-state index < -0.39 is 0 Å². The maximum Gasteiger partial charge on any atom is 0.242 e. The van der Waals surface area contributed by atoms with Crippen LogP contribution < -0.4 is 15.4 Å². The van der Waals surface area contributed by atoms with E-state index in [0.717, 1.165) is 23.4 Å². The van der Waals surface area contributed by atoms with Crippen molar-refractivity contribution in [3.05, 3.63) is 59.7 Å². The van der Waals surface area contributed by atoms with E-state index in [4.69, 9.17) is 4.74 Å². The molecule has 0 unspecified atom stereocenters. The predicted octanol–water partition coefficient (Wildman–Crippen LogP) is 3.37. The number of carbonyl (C=O) groups is 1. The lowest BCUT2D eigenvalue weighted by molar-refractivity contribution is -0.121. The Bertz CT molecular complexity index is 638. The van der Waals surface area contributed by atoms with E-state index in [0.29, 0.717) is 6.54 Å². The standard InChI is InChI=1S/C19H24N2O2/c1-4-15-6-5-7-17(12-15)21-14(2)19(22)20-13-16-8-10-18(23-3)11-9-16/h5-12,14,21H,4,13H2,1-3H3,(H,20,22)/t14-/m1/s1. The molecule has 23 heavy (non-hydrogen) atoms. The van der Waals surface area contributed by atoms with E-state index in [2.05, 4.69) is 29.7 Å². The molecule has 0 saturated heterocycles. The normalized spacial score (nSPS) is 11.6. The van der Waals surface area contributed by atoms with Crippen molar-refractivity contribution in [2.75, 3.05) is 12.4 Å². The fourth-order valence-electron chi connectivity index (χ4n) is 2.28. The summed E-state index contributed by atoms with van der Waals surface area (Å²) in [6.07, 6.45) is 0.980. The molecular weight excluding hydrogens is 288 g/mol. The second kappa shape index (κ2) is 8.22. The highest BCUT2D eigenvalue weighted by molar-refractivity contribution is 5.84. The third-order valence-electron chi connectivity index (χ3n) is 3.74. The molecule has 2 aromatic carbocycles. The molecule has 1 atom stereocenters. The second-order valence-electron chi connectivity index (χ2n) is 5.49. The van der Waals surface area contributed by atoms with Crippen LogP contribution in [0.4, 0.5) is 5.69 Å². The van der Waals surface area contributed by atoms with Crippen molar-refractivity contribution in [2.45, 2.75) is 32.9 Å². The van der Waals surface area contributed by atoms with Crippen LogP contribution in [0.2, 0.25) is 0 Å². The van der Waals surface area contributed by atoms with Gasteiger partial charge in [-0.05, 0) is 48.7 Å². The second-order valence-corrected chi connectivity index (χ2v) is 5.49. The van der Waals surface area contributed by atoms with Gasteiger partial charge in [0.1, 0.15) is 11.8 Å². The zero-order chi connectivity index (χ0) is 16.7. The first kappa shape index (κ1) is 16.9. The molecule has 0 heterocycles. The summed E-state index contributed by atoms with van der Waals surface area (Å²) in [4.78, 5) is 12.2. The van der Waals surface area contributed by atoms with Crippen molar-refractivity contribution in [2.24, 2.45) is 0 Å². The van der Waals surface area contributed by atoms with Gasteiger partial charge in [-0.1, -0.05) is 31.2 Å². The lowest BCUT2D eigenvalue weighted by atomic mass is 10.1.